The first-order valence-corrected chi connectivity index (χ1v) is 6.93. The van der Waals surface area contributed by atoms with Crippen LogP contribution < -0.4 is 4.74 Å². The van der Waals surface area contributed by atoms with E-state index in [2.05, 4.69) is 31.9 Å². The summed E-state index contributed by atoms with van der Waals surface area (Å²) in [5.41, 5.74) is 0.0138. The molecule has 0 amide bonds. The highest BCUT2D eigenvalue weighted by atomic mass is 79.9. The molecule has 1 aliphatic carbocycles. The van der Waals surface area contributed by atoms with E-state index in [1.54, 1.807) is 0 Å². The van der Waals surface area contributed by atoms with Crippen LogP contribution in [-0.4, -0.2) is 16.4 Å². The van der Waals surface area contributed by atoms with Gasteiger partial charge in [0.2, 0.25) is 0 Å². The summed E-state index contributed by atoms with van der Waals surface area (Å²) in [5.74, 6) is 0.587. The maximum absolute atomic E-state index is 10.7. The Kier molecular flexibility index (Phi) is 3.95. The highest BCUT2D eigenvalue weighted by molar-refractivity contribution is 9.11. The molecule has 0 aliphatic heterocycles. The number of benzene rings is 1. The van der Waals surface area contributed by atoms with Gasteiger partial charge in [-0.25, -0.2) is 0 Å². The summed E-state index contributed by atoms with van der Waals surface area (Å²) < 4.78 is 6.85. The van der Waals surface area contributed by atoms with Crippen molar-refractivity contribution in [2.75, 3.05) is 0 Å². The lowest BCUT2D eigenvalue weighted by atomic mass is 9.95. The van der Waals surface area contributed by atoms with Gasteiger partial charge >= 0.3 is 0 Å². The van der Waals surface area contributed by atoms with Crippen molar-refractivity contribution in [3.63, 3.8) is 0 Å². The molecule has 1 saturated carbocycles. The van der Waals surface area contributed by atoms with Gasteiger partial charge in [0.15, 0.2) is 0 Å². The molecule has 0 N–H and O–H groups in total. The van der Waals surface area contributed by atoms with Crippen molar-refractivity contribution < 1.29 is 9.66 Å². The minimum atomic E-state index is -0.447. The first kappa shape index (κ1) is 13.1. The number of nitro benzene ring substituents is 1. The van der Waals surface area contributed by atoms with Crippen LogP contribution in [0.1, 0.15) is 12.8 Å². The zero-order valence-corrected chi connectivity index (χ0v) is 12.5. The standard InChI is InChI=1S/C10H8Br2ClNO3/c11-8-3-6(14(15)16)4-9(12)10(8)17-7-1-5(13)2-7/h3-5,7H,1-2H2. The van der Waals surface area contributed by atoms with Crippen molar-refractivity contribution in [1.29, 1.82) is 0 Å². The Balaban J connectivity index is 2.20. The molecule has 1 fully saturated rings. The lowest BCUT2D eigenvalue weighted by Gasteiger charge is -2.31. The van der Waals surface area contributed by atoms with Crippen LogP contribution >= 0.6 is 43.5 Å². The number of ether oxygens (including phenoxy) is 1. The van der Waals surface area contributed by atoms with Gasteiger partial charge in [0, 0.05) is 30.4 Å². The Labute approximate surface area is 120 Å². The van der Waals surface area contributed by atoms with Crippen molar-refractivity contribution in [2.24, 2.45) is 0 Å². The molecular formula is C10H8Br2ClNO3. The molecule has 0 radical (unpaired) electrons. The van der Waals surface area contributed by atoms with Crippen LogP contribution in [0.25, 0.3) is 0 Å². The second-order valence-corrected chi connectivity index (χ2v) is 6.13. The Morgan fingerprint density at radius 3 is 2.29 bits per heavy atom. The fourth-order valence-electron chi connectivity index (χ4n) is 1.53. The second-order valence-electron chi connectivity index (χ2n) is 3.80. The van der Waals surface area contributed by atoms with Crippen LogP contribution in [0, 0.1) is 10.1 Å². The van der Waals surface area contributed by atoms with E-state index in [9.17, 15) is 10.1 Å². The average molecular weight is 385 g/mol. The average Bonchev–Trinajstić information content (AvgIpc) is 2.19. The quantitative estimate of drug-likeness (QED) is 0.444. The molecule has 1 aromatic rings. The number of alkyl halides is 1. The maximum atomic E-state index is 10.7. The monoisotopic (exact) mass is 383 g/mol. The fraction of sp³-hybridized carbons (Fsp3) is 0.400. The molecule has 0 bridgehead atoms. The van der Waals surface area contributed by atoms with Crippen molar-refractivity contribution in [1.82, 2.24) is 0 Å². The predicted octanol–water partition coefficient (Wildman–Crippen LogP) is 4.27. The number of rotatable bonds is 3. The molecule has 1 aromatic carbocycles. The largest absolute Gasteiger partial charge is 0.488 e. The molecule has 0 spiro atoms. The van der Waals surface area contributed by atoms with Gasteiger partial charge in [-0.15, -0.1) is 11.6 Å². The molecule has 0 aromatic heterocycles. The van der Waals surface area contributed by atoms with Gasteiger partial charge in [-0.3, -0.25) is 10.1 Å². The smallest absolute Gasteiger partial charge is 0.271 e. The van der Waals surface area contributed by atoms with E-state index in [0.29, 0.717) is 14.7 Å². The van der Waals surface area contributed by atoms with Gasteiger partial charge in [0.25, 0.3) is 5.69 Å². The van der Waals surface area contributed by atoms with Crippen LogP contribution in [-0.2, 0) is 0 Å². The molecule has 0 atom stereocenters. The number of nitrogens with zero attached hydrogens (tertiary/aromatic N) is 1. The maximum Gasteiger partial charge on any atom is 0.271 e. The van der Waals surface area contributed by atoms with Crippen molar-refractivity contribution in [3.8, 4) is 5.75 Å². The summed E-state index contributed by atoms with van der Waals surface area (Å²) in [6, 6.07) is 2.86. The van der Waals surface area contributed by atoms with Gasteiger partial charge in [-0.1, -0.05) is 0 Å². The van der Waals surface area contributed by atoms with Gasteiger partial charge in [-0.2, -0.15) is 0 Å². The highest BCUT2D eigenvalue weighted by Gasteiger charge is 2.30. The van der Waals surface area contributed by atoms with Crippen molar-refractivity contribution >= 4 is 49.1 Å². The van der Waals surface area contributed by atoms with E-state index in [0.717, 1.165) is 12.8 Å². The van der Waals surface area contributed by atoms with Gasteiger partial charge in [0.1, 0.15) is 11.9 Å². The number of hydrogen-bond acceptors (Lipinski definition) is 3. The molecule has 7 heteroatoms. The first-order valence-electron chi connectivity index (χ1n) is 4.91. The van der Waals surface area contributed by atoms with Gasteiger partial charge < -0.3 is 4.74 Å². The summed E-state index contributed by atoms with van der Waals surface area (Å²) in [6.45, 7) is 0. The van der Waals surface area contributed by atoms with E-state index < -0.39 is 4.92 Å². The molecule has 4 nitrogen and oxygen atoms in total. The third kappa shape index (κ3) is 2.92. The lowest BCUT2D eigenvalue weighted by Crippen LogP contribution is -2.34. The molecule has 2 rings (SSSR count). The molecule has 1 aliphatic rings. The zero-order chi connectivity index (χ0) is 12.6. The summed E-state index contributed by atoms with van der Waals surface area (Å²) in [4.78, 5) is 10.2. The van der Waals surface area contributed by atoms with Gasteiger partial charge in [-0.05, 0) is 31.9 Å². The molecule has 0 unspecified atom stereocenters. The second kappa shape index (κ2) is 5.12. The van der Waals surface area contributed by atoms with E-state index in [1.165, 1.54) is 12.1 Å². The Hall–Kier alpha value is -0.330. The Bertz CT molecular complexity index is 440. The first-order chi connectivity index (χ1) is 7.97. The van der Waals surface area contributed by atoms with E-state index in [1.807, 2.05) is 0 Å². The molecular weight excluding hydrogens is 377 g/mol. The normalized spacial score (nSPS) is 23.0. The topological polar surface area (TPSA) is 52.4 Å². The SMILES string of the molecule is O=[N+]([O-])c1cc(Br)c(OC2CC(Cl)C2)c(Br)c1. The fourth-order valence-corrected chi connectivity index (χ4v) is 3.28. The van der Waals surface area contributed by atoms with Crippen LogP contribution in [0.15, 0.2) is 21.1 Å². The Morgan fingerprint density at radius 1 is 1.35 bits per heavy atom. The predicted molar refractivity (Wildman–Crippen MR) is 71.8 cm³/mol. The third-order valence-corrected chi connectivity index (χ3v) is 4.05. The summed E-state index contributed by atoms with van der Waals surface area (Å²) >= 11 is 12.4. The molecule has 92 valence electrons. The number of hydrogen-bond donors (Lipinski definition) is 0. The van der Waals surface area contributed by atoms with Crippen molar-refractivity contribution in [2.45, 2.75) is 24.3 Å². The number of halogens is 3. The minimum absolute atomic E-state index is 0.0138. The molecule has 0 heterocycles. The molecule has 17 heavy (non-hydrogen) atoms. The summed E-state index contributed by atoms with van der Waals surface area (Å²) in [7, 11) is 0. The van der Waals surface area contributed by atoms with E-state index in [4.69, 9.17) is 16.3 Å². The summed E-state index contributed by atoms with van der Waals surface area (Å²) in [6.07, 6.45) is 1.70. The number of non-ortho nitro benzene ring substituents is 1. The van der Waals surface area contributed by atoms with Crippen LogP contribution in [0.2, 0.25) is 0 Å². The van der Waals surface area contributed by atoms with Crippen LogP contribution in [0.4, 0.5) is 5.69 Å². The third-order valence-electron chi connectivity index (χ3n) is 2.52. The van der Waals surface area contributed by atoms with Crippen molar-refractivity contribution in [3.05, 3.63) is 31.2 Å². The van der Waals surface area contributed by atoms with Crippen LogP contribution in [0.5, 0.6) is 5.75 Å². The van der Waals surface area contributed by atoms with E-state index >= 15 is 0 Å². The zero-order valence-electron chi connectivity index (χ0n) is 8.53. The van der Waals surface area contributed by atoms with E-state index in [-0.39, 0.29) is 17.2 Å². The minimum Gasteiger partial charge on any atom is -0.488 e. The highest BCUT2D eigenvalue weighted by Crippen LogP contribution is 2.40. The van der Waals surface area contributed by atoms with Gasteiger partial charge in [0.05, 0.1) is 13.9 Å². The lowest BCUT2D eigenvalue weighted by molar-refractivity contribution is -0.385. The molecule has 0 saturated heterocycles. The number of nitro groups is 1. The Morgan fingerprint density at radius 2 is 1.88 bits per heavy atom. The summed E-state index contributed by atoms with van der Waals surface area (Å²) in [5, 5.41) is 10.8. The van der Waals surface area contributed by atoms with Crippen LogP contribution in [0.3, 0.4) is 0 Å².